The van der Waals surface area contributed by atoms with Crippen molar-refractivity contribution in [2.24, 2.45) is 0 Å². The standard InChI is InChI=1S/C6H6O5/c1-3-5(10-4(2)7)11-6(8)9-3/h1-2H3. The van der Waals surface area contributed by atoms with Gasteiger partial charge in [0.2, 0.25) is 0 Å². The molecule has 0 aliphatic carbocycles. The zero-order valence-electron chi connectivity index (χ0n) is 6.04. The molecule has 5 heteroatoms. The number of hydrogen-bond acceptors (Lipinski definition) is 5. The minimum Gasteiger partial charge on any atom is -0.392 e. The normalized spacial score (nSPS) is 9.64. The summed E-state index contributed by atoms with van der Waals surface area (Å²) in [5.41, 5.74) is 0. The van der Waals surface area contributed by atoms with Crippen molar-refractivity contribution < 1.29 is 18.4 Å². The van der Waals surface area contributed by atoms with Crippen LogP contribution in [0.2, 0.25) is 0 Å². The Morgan fingerprint density at radius 1 is 1.45 bits per heavy atom. The Kier molecular flexibility index (Phi) is 1.80. The number of ether oxygens (including phenoxy) is 1. The zero-order valence-corrected chi connectivity index (χ0v) is 6.04. The molecule has 1 aromatic heterocycles. The molecular formula is C6H6O5. The SMILES string of the molecule is CC(=O)Oc1oc(=O)oc1C. The Hall–Kier alpha value is -1.52. The molecule has 0 spiro atoms. The molecule has 0 fully saturated rings. The van der Waals surface area contributed by atoms with E-state index in [1.165, 1.54) is 13.8 Å². The summed E-state index contributed by atoms with van der Waals surface area (Å²) in [6.07, 6.45) is 0. The molecular weight excluding hydrogens is 152 g/mol. The molecule has 1 heterocycles. The highest BCUT2D eigenvalue weighted by atomic mass is 16.7. The monoisotopic (exact) mass is 158 g/mol. The van der Waals surface area contributed by atoms with Gasteiger partial charge in [0, 0.05) is 13.8 Å². The first-order chi connectivity index (χ1) is 5.09. The van der Waals surface area contributed by atoms with E-state index in [2.05, 4.69) is 13.6 Å². The maximum atomic E-state index is 10.4. The molecule has 0 aliphatic rings. The molecule has 0 N–H and O–H groups in total. The topological polar surface area (TPSA) is 69.7 Å². The summed E-state index contributed by atoms with van der Waals surface area (Å²) in [6, 6.07) is 0. The molecule has 0 unspecified atom stereocenters. The molecule has 0 bridgehead atoms. The molecule has 0 saturated carbocycles. The highest BCUT2D eigenvalue weighted by molar-refractivity contribution is 5.68. The minimum atomic E-state index is -0.876. The highest BCUT2D eigenvalue weighted by Crippen LogP contribution is 2.14. The largest absolute Gasteiger partial charge is 0.521 e. The van der Waals surface area contributed by atoms with Gasteiger partial charge in [0.1, 0.15) is 0 Å². The van der Waals surface area contributed by atoms with Gasteiger partial charge in [-0.25, -0.2) is 4.79 Å². The van der Waals surface area contributed by atoms with Gasteiger partial charge in [-0.15, -0.1) is 0 Å². The van der Waals surface area contributed by atoms with Crippen molar-refractivity contribution in [1.82, 2.24) is 0 Å². The van der Waals surface area contributed by atoms with Crippen LogP contribution in [-0.4, -0.2) is 5.97 Å². The van der Waals surface area contributed by atoms with Gasteiger partial charge in [0.25, 0.3) is 0 Å². The number of esters is 1. The van der Waals surface area contributed by atoms with Gasteiger partial charge in [-0.1, -0.05) is 0 Å². The lowest BCUT2D eigenvalue weighted by Crippen LogP contribution is -2.01. The van der Waals surface area contributed by atoms with Crippen molar-refractivity contribution >= 4 is 5.97 Å². The minimum absolute atomic E-state index is 0.158. The maximum Gasteiger partial charge on any atom is 0.521 e. The number of carbonyl (C=O) groups is 1. The summed E-state index contributed by atoms with van der Waals surface area (Å²) in [5, 5.41) is 0. The fraction of sp³-hybridized carbons (Fsp3) is 0.333. The summed E-state index contributed by atoms with van der Waals surface area (Å²) in [6.45, 7) is 2.66. The van der Waals surface area contributed by atoms with E-state index < -0.39 is 11.8 Å². The van der Waals surface area contributed by atoms with Crippen LogP contribution < -0.4 is 10.6 Å². The number of hydrogen-bond donors (Lipinski definition) is 0. The summed E-state index contributed by atoms with van der Waals surface area (Å²) >= 11 is 0. The summed E-state index contributed by atoms with van der Waals surface area (Å²) in [4.78, 5) is 20.7. The average molecular weight is 158 g/mol. The van der Waals surface area contributed by atoms with Gasteiger partial charge in [-0.05, 0) is 0 Å². The van der Waals surface area contributed by atoms with Crippen molar-refractivity contribution in [3.63, 3.8) is 0 Å². The van der Waals surface area contributed by atoms with E-state index in [1.54, 1.807) is 0 Å². The molecule has 1 aromatic rings. The predicted octanol–water partition coefficient (Wildman–Crippen LogP) is 0.467. The van der Waals surface area contributed by atoms with E-state index in [1.807, 2.05) is 0 Å². The quantitative estimate of drug-likeness (QED) is 0.555. The fourth-order valence-corrected chi connectivity index (χ4v) is 0.558. The Morgan fingerprint density at radius 3 is 2.45 bits per heavy atom. The van der Waals surface area contributed by atoms with Crippen molar-refractivity contribution in [3.8, 4) is 5.95 Å². The number of rotatable bonds is 1. The molecule has 1 rings (SSSR count). The van der Waals surface area contributed by atoms with E-state index in [-0.39, 0.29) is 11.7 Å². The lowest BCUT2D eigenvalue weighted by Gasteiger charge is -1.91. The van der Waals surface area contributed by atoms with Gasteiger partial charge in [0.15, 0.2) is 5.76 Å². The van der Waals surface area contributed by atoms with Gasteiger partial charge in [-0.2, -0.15) is 0 Å². The zero-order chi connectivity index (χ0) is 8.43. The predicted molar refractivity (Wildman–Crippen MR) is 33.3 cm³/mol. The molecule has 11 heavy (non-hydrogen) atoms. The first-order valence-electron chi connectivity index (χ1n) is 2.88. The van der Waals surface area contributed by atoms with Crippen LogP contribution in [0.1, 0.15) is 12.7 Å². The first-order valence-corrected chi connectivity index (χ1v) is 2.88. The fourth-order valence-electron chi connectivity index (χ4n) is 0.558. The molecule has 60 valence electrons. The smallest absolute Gasteiger partial charge is 0.392 e. The van der Waals surface area contributed by atoms with Crippen LogP contribution in [-0.2, 0) is 4.79 Å². The third-order valence-corrected chi connectivity index (χ3v) is 0.936. The highest BCUT2D eigenvalue weighted by Gasteiger charge is 2.10. The summed E-state index contributed by atoms with van der Waals surface area (Å²) in [7, 11) is 0. The molecule has 0 amide bonds. The van der Waals surface area contributed by atoms with Gasteiger partial charge >= 0.3 is 17.7 Å². The molecule has 5 nitrogen and oxygen atoms in total. The number of aryl methyl sites for hydroxylation is 1. The molecule has 0 aliphatic heterocycles. The van der Waals surface area contributed by atoms with E-state index in [9.17, 15) is 9.59 Å². The van der Waals surface area contributed by atoms with Gasteiger partial charge in [-0.3, -0.25) is 4.79 Å². The van der Waals surface area contributed by atoms with Crippen molar-refractivity contribution in [2.45, 2.75) is 13.8 Å². The second-order valence-electron chi connectivity index (χ2n) is 1.89. The first kappa shape index (κ1) is 7.59. The Labute approximate surface area is 61.6 Å². The average Bonchev–Trinajstić information content (AvgIpc) is 2.09. The molecule has 0 radical (unpaired) electrons. The lowest BCUT2D eigenvalue weighted by molar-refractivity contribution is -0.133. The third kappa shape index (κ3) is 1.70. The summed E-state index contributed by atoms with van der Waals surface area (Å²) < 4.78 is 13.2. The second-order valence-corrected chi connectivity index (χ2v) is 1.89. The van der Waals surface area contributed by atoms with Gasteiger partial charge in [0.05, 0.1) is 0 Å². The van der Waals surface area contributed by atoms with E-state index >= 15 is 0 Å². The molecule has 0 aromatic carbocycles. The Balaban J connectivity index is 2.94. The van der Waals surface area contributed by atoms with E-state index in [0.29, 0.717) is 0 Å². The molecule has 0 saturated heterocycles. The number of carbonyl (C=O) groups excluding carboxylic acids is 1. The van der Waals surface area contributed by atoms with Crippen molar-refractivity contribution in [1.29, 1.82) is 0 Å². The van der Waals surface area contributed by atoms with Gasteiger partial charge < -0.3 is 13.6 Å². The van der Waals surface area contributed by atoms with Crippen LogP contribution in [0.4, 0.5) is 0 Å². The van der Waals surface area contributed by atoms with Crippen LogP contribution in [0, 0.1) is 6.92 Å². The Bertz CT molecular complexity index is 318. The van der Waals surface area contributed by atoms with E-state index in [4.69, 9.17) is 0 Å². The van der Waals surface area contributed by atoms with Crippen molar-refractivity contribution in [2.75, 3.05) is 0 Å². The Morgan fingerprint density at radius 2 is 2.09 bits per heavy atom. The van der Waals surface area contributed by atoms with Crippen LogP contribution >= 0.6 is 0 Å². The lowest BCUT2D eigenvalue weighted by atomic mass is 10.6. The van der Waals surface area contributed by atoms with E-state index in [0.717, 1.165) is 0 Å². The maximum absolute atomic E-state index is 10.4. The van der Waals surface area contributed by atoms with Crippen LogP contribution in [0.25, 0.3) is 0 Å². The van der Waals surface area contributed by atoms with Crippen LogP contribution in [0.15, 0.2) is 13.6 Å². The van der Waals surface area contributed by atoms with Crippen LogP contribution in [0.3, 0.4) is 0 Å². The van der Waals surface area contributed by atoms with Crippen LogP contribution in [0.5, 0.6) is 5.95 Å². The third-order valence-electron chi connectivity index (χ3n) is 0.936. The second kappa shape index (κ2) is 2.61. The molecule has 0 atom stereocenters. The van der Waals surface area contributed by atoms with Crippen molar-refractivity contribution in [3.05, 3.63) is 16.4 Å². The summed E-state index contributed by atoms with van der Waals surface area (Å²) in [5.74, 6) is -1.45.